The lowest BCUT2D eigenvalue weighted by Crippen LogP contribution is -2.23. The summed E-state index contributed by atoms with van der Waals surface area (Å²) in [6.45, 7) is 4.10. The van der Waals surface area contributed by atoms with E-state index in [1.165, 1.54) is 6.07 Å². The molecule has 2 rings (SSSR count). The number of hydrogen-bond acceptors (Lipinski definition) is 5. The molecule has 0 fully saturated rings. The van der Waals surface area contributed by atoms with Crippen LogP contribution in [0, 0.1) is 0 Å². The van der Waals surface area contributed by atoms with Crippen LogP contribution in [0.1, 0.15) is 24.8 Å². The minimum atomic E-state index is -3.48. The molecule has 7 heteroatoms. The van der Waals surface area contributed by atoms with Crippen LogP contribution in [0.5, 0.6) is 0 Å². The van der Waals surface area contributed by atoms with Crippen molar-refractivity contribution in [2.45, 2.75) is 24.8 Å². The van der Waals surface area contributed by atoms with Crippen molar-refractivity contribution in [3.8, 4) is 0 Å². The average Bonchev–Trinajstić information content (AvgIpc) is 2.95. The third-order valence-electron chi connectivity index (χ3n) is 3.01. The first-order chi connectivity index (χ1) is 9.94. The molecule has 0 aliphatic heterocycles. The van der Waals surface area contributed by atoms with Crippen molar-refractivity contribution in [1.82, 2.24) is 4.72 Å². The van der Waals surface area contributed by atoms with Crippen LogP contribution < -0.4 is 15.8 Å². The second-order valence-electron chi connectivity index (χ2n) is 4.63. The van der Waals surface area contributed by atoms with Gasteiger partial charge in [-0.1, -0.05) is 13.0 Å². The van der Waals surface area contributed by atoms with Crippen LogP contribution in [0.2, 0.25) is 0 Å². The van der Waals surface area contributed by atoms with Crippen LogP contribution in [0.25, 0.3) is 0 Å². The topological polar surface area (TPSA) is 84.2 Å². The SMILES string of the molecule is CCNS(=O)(=O)c1ccc(N)c(NC(C)c2cccs2)c1. The van der Waals surface area contributed by atoms with E-state index in [0.29, 0.717) is 17.9 Å². The first-order valence-electron chi connectivity index (χ1n) is 6.63. The summed E-state index contributed by atoms with van der Waals surface area (Å²) in [4.78, 5) is 1.37. The molecule has 0 saturated carbocycles. The lowest BCUT2D eigenvalue weighted by molar-refractivity contribution is 0.584. The maximum absolute atomic E-state index is 12.0. The van der Waals surface area contributed by atoms with Gasteiger partial charge in [-0.2, -0.15) is 0 Å². The zero-order valence-corrected chi connectivity index (χ0v) is 13.6. The number of nitrogen functional groups attached to an aromatic ring is 1. The predicted molar refractivity (Wildman–Crippen MR) is 88.1 cm³/mol. The van der Waals surface area contributed by atoms with Gasteiger partial charge in [0.25, 0.3) is 0 Å². The summed E-state index contributed by atoms with van der Waals surface area (Å²) in [6, 6.07) is 8.74. The van der Waals surface area contributed by atoms with Crippen LogP contribution in [-0.4, -0.2) is 15.0 Å². The smallest absolute Gasteiger partial charge is 0.240 e. The van der Waals surface area contributed by atoms with Gasteiger partial charge in [0.1, 0.15) is 0 Å². The van der Waals surface area contributed by atoms with E-state index in [4.69, 9.17) is 5.73 Å². The largest absolute Gasteiger partial charge is 0.397 e. The molecule has 0 aliphatic rings. The molecule has 0 radical (unpaired) electrons. The molecule has 5 nitrogen and oxygen atoms in total. The molecule has 0 bridgehead atoms. The van der Waals surface area contributed by atoms with Crippen LogP contribution in [-0.2, 0) is 10.0 Å². The van der Waals surface area contributed by atoms with Crippen molar-refractivity contribution in [2.24, 2.45) is 0 Å². The maximum Gasteiger partial charge on any atom is 0.240 e. The van der Waals surface area contributed by atoms with Gasteiger partial charge >= 0.3 is 0 Å². The van der Waals surface area contributed by atoms with E-state index >= 15 is 0 Å². The van der Waals surface area contributed by atoms with Crippen molar-refractivity contribution in [3.63, 3.8) is 0 Å². The zero-order chi connectivity index (χ0) is 15.5. The number of nitrogens with one attached hydrogen (secondary N) is 2. The molecule has 1 aromatic carbocycles. The van der Waals surface area contributed by atoms with Crippen molar-refractivity contribution in [1.29, 1.82) is 0 Å². The van der Waals surface area contributed by atoms with Gasteiger partial charge in [-0.25, -0.2) is 13.1 Å². The van der Waals surface area contributed by atoms with E-state index in [2.05, 4.69) is 10.0 Å². The van der Waals surface area contributed by atoms with E-state index in [9.17, 15) is 8.42 Å². The first-order valence-corrected chi connectivity index (χ1v) is 8.99. The molecule has 0 saturated heterocycles. The maximum atomic E-state index is 12.0. The number of anilines is 2. The summed E-state index contributed by atoms with van der Waals surface area (Å²) in [5, 5.41) is 5.26. The highest BCUT2D eigenvalue weighted by molar-refractivity contribution is 7.89. The zero-order valence-electron chi connectivity index (χ0n) is 12.0. The van der Waals surface area contributed by atoms with Crippen molar-refractivity contribution >= 4 is 32.7 Å². The Morgan fingerprint density at radius 3 is 2.71 bits per heavy atom. The van der Waals surface area contributed by atoms with E-state index in [0.717, 1.165) is 4.88 Å². The number of thiophene rings is 1. The Bertz CT molecular complexity index is 697. The molecule has 2 aromatic rings. The van der Waals surface area contributed by atoms with Gasteiger partial charge in [-0.3, -0.25) is 0 Å². The minimum absolute atomic E-state index is 0.0596. The summed E-state index contributed by atoms with van der Waals surface area (Å²) in [6.07, 6.45) is 0. The Kier molecular flexibility index (Phi) is 4.87. The molecule has 0 amide bonds. The van der Waals surface area contributed by atoms with Crippen molar-refractivity contribution < 1.29 is 8.42 Å². The van der Waals surface area contributed by atoms with Crippen LogP contribution >= 0.6 is 11.3 Å². The number of nitrogens with two attached hydrogens (primary N) is 1. The molecule has 114 valence electrons. The third kappa shape index (κ3) is 3.75. The Balaban J connectivity index is 2.28. The highest BCUT2D eigenvalue weighted by Gasteiger charge is 2.15. The molecule has 1 aromatic heterocycles. The molecule has 0 spiro atoms. The molecule has 1 heterocycles. The van der Waals surface area contributed by atoms with Gasteiger partial charge in [-0.15, -0.1) is 11.3 Å². The quantitative estimate of drug-likeness (QED) is 0.713. The van der Waals surface area contributed by atoms with Crippen LogP contribution in [0.4, 0.5) is 11.4 Å². The Morgan fingerprint density at radius 1 is 1.33 bits per heavy atom. The Hall–Kier alpha value is -1.57. The fourth-order valence-corrected chi connectivity index (χ4v) is 3.74. The molecule has 4 N–H and O–H groups in total. The Morgan fingerprint density at radius 2 is 2.10 bits per heavy atom. The van der Waals surface area contributed by atoms with Crippen molar-refractivity contribution in [2.75, 3.05) is 17.6 Å². The lowest BCUT2D eigenvalue weighted by atomic mass is 10.2. The van der Waals surface area contributed by atoms with Gasteiger partial charge in [0, 0.05) is 11.4 Å². The van der Waals surface area contributed by atoms with E-state index < -0.39 is 10.0 Å². The van der Waals surface area contributed by atoms with E-state index in [1.807, 2.05) is 24.4 Å². The standard InChI is InChI=1S/C14H19N3O2S2/c1-3-16-21(18,19)11-6-7-12(15)13(9-11)17-10(2)14-5-4-8-20-14/h4-10,16-17H,3,15H2,1-2H3. The van der Waals surface area contributed by atoms with Gasteiger partial charge in [-0.05, 0) is 36.6 Å². The number of rotatable bonds is 6. The molecule has 21 heavy (non-hydrogen) atoms. The number of benzene rings is 1. The van der Waals surface area contributed by atoms with E-state index in [-0.39, 0.29) is 10.9 Å². The highest BCUT2D eigenvalue weighted by Crippen LogP contribution is 2.28. The monoisotopic (exact) mass is 325 g/mol. The second-order valence-corrected chi connectivity index (χ2v) is 7.38. The van der Waals surface area contributed by atoms with Gasteiger partial charge in [0.15, 0.2) is 0 Å². The summed E-state index contributed by atoms with van der Waals surface area (Å²) in [5.74, 6) is 0. The van der Waals surface area contributed by atoms with Gasteiger partial charge in [0.2, 0.25) is 10.0 Å². The summed E-state index contributed by atoms with van der Waals surface area (Å²) in [7, 11) is -3.48. The van der Waals surface area contributed by atoms with Gasteiger partial charge < -0.3 is 11.1 Å². The predicted octanol–water partition coefficient (Wildman–Crippen LogP) is 2.80. The summed E-state index contributed by atoms with van der Waals surface area (Å²) < 4.78 is 26.5. The summed E-state index contributed by atoms with van der Waals surface area (Å²) in [5.41, 5.74) is 7.08. The van der Waals surface area contributed by atoms with Crippen LogP contribution in [0.3, 0.4) is 0 Å². The molecule has 1 unspecified atom stereocenters. The van der Waals surface area contributed by atoms with Gasteiger partial charge in [0.05, 0.1) is 22.3 Å². The third-order valence-corrected chi connectivity index (χ3v) is 5.61. The second kappa shape index (κ2) is 6.46. The highest BCUT2D eigenvalue weighted by atomic mass is 32.2. The Labute approximate surface area is 129 Å². The normalized spacial score (nSPS) is 13.0. The lowest BCUT2D eigenvalue weighted by Gasteiger charge is -2.16. The molecule has 0 aliphatic carbocycles. The number of sulfonamides is 1. The van der Waals surface area contributed by atoms with E-state index in [1.54, 1.807) is 30.4 Å². The van der Waals surface area contributed by atoms with Crippen LogP contribution in [0.15, 0.2) is 40.6 Å². The summed E-state index contributed by atoms with van der Waals surface area (Å²) >= 11 is 1.64. The minimum Gasteiger partial charge on any atom is -0.397 e. The first kappa shape index (κ1) is 15.8. The average molecular weight is 325 g/mol. The van der Waals surface area contributed by atoms with Crippen molar-refractivity contribution in [3.05, 3.63) is 40.6 Å². The fourth-order valence-electron chi connectivity index (χ4n) is 1.94. The number of hydrogen-bond donors (Lipinski definition) is 3. The fraction of sp³-hybridized carbons (Fsp3) is 0.286. The molecule has 1 atom stereocenters. The molecular formula is C14H19N3O2S2. The molecular weight excluding hydrogens is 306 g/mol.